The molecule has 1 N–H and O–H groups in total. The van der Waals surface area contributed by atoms with Gasteiger partial charge in [-0.2, -0.15) is 13.2 Å². The lowest BCUT2D eigenvalue weighted by molar-refractivity contribution is -0.141. The maximum atomic E-state index is 12.2. The van der Waals surface area contributed by atoms with E-state index >= 15 is 0 Å². The molecule has 0 aromatic carbocycles. The van der Waals surface area contributed by atoms with Crippen LogP contribution in [-0.2, 0) is 11.5 Å². The van der Waals surface area contributed by atoms with Gasteiger partial charge in [-0.3, -0.25) is 0 Å². The molecule has 15 heavy (non-hydrogen) atoms. The Hall–Kier alpha value is -1.11. The molecule has 0 aliphatic rings. The van der Waals surface area contributed by atoms with Gasteiger partial charge in [-0.05, 0) is 12.1 Å². The van der Waals surface area contributed by atoms with Crippen molar-refractivity contribution >= 4 is 21.9 Å². The van der Waals surface area contributed by atoms with Crippen molar-refractivity contribution in [3.8, 4) is 0 Å². The zero-order chi connectivity index (χ0) is 11.6. The summed E-state index contributed by atoms with van der Waals surface area (Å²) < 4.78 is 36.6. The van der Waals surface area contributed by atoms with Crippen LogP contribution in [0.15, 0.2) is 12.1 Å². The topological polar surface area (TPSA) is 50.2 Å². The monoisotopic (exact) mass is 283 g/mol. The van der Waals surface area contributed by atoms with Gasteiger partial charge in [0.25, 0.3) is 0 Å². The normalized spacial score (nSPS) is 11.5. The molecule has 0 aliphatic carbocycles. The number of nitrogens with zero attached hydrogens (tertiary/aromatic N) is 1. The summed E-state index contributed by atoms with van der Waals surface area (Å²) in [5, 5.41) is 8.61. The van der Waals surface area contributed by atoms with Gasteiger partial charge in [0, 0.05) is 5.33 Å². The van der Waals surface area contributed by atoms with Crippen molar-refractivity contribution in [3.63, 3.8) is 0 Å². The van der Waals surface area contributed by atoms with Crippen molar-refractivity contribution in [1.29, 1.82) is 0 Å². The average Bonchev–Trinajstić information content (AvgIpc) is 2.15. The number of carboxylic acid groups (broad SMARTS) is 1. The SMILES string of the molecule is O=C(O)c1ccc(C(F)(F)F)nc1CBr. The standard InChI is InChI=1S/C8H5BrF3NO2/c9-3-5-4(7(14)15)1-2-6(13-5)8(10,11)12/h1-2H,3H2,(H,14,15). The van der Waals surface area contributed by atoms with Gasteiger partial charge in [0.1, 0.15) is 5.69 Å². The molecule has 0 spiro atoms. The number of carboxylic acids is 1. The molecular formula is C8H5BrF3NO2. The average molecular weight is 284 g/mol. The number of aromatic carboxylic acids is 1. The molecule has 0 saturated heterocycles. The zero-order valence-corrected chi connectivity index (χ0v) is 8.76. The Morgan fingerprint density at radius 2 is 2.07 bits per heavy atom. The predicted molar refractivity (Wildman–Crippen MR) is 48.8 cm³/mol. The van der Waals surface area contributed by atoms with Crippen LogP contribution >= 0.6 is 15.9 Å². The molecule has 1 aromatic heterocycles. The molecule has 0 saturated carbocycles. The van der Waals surface area contributed by atoms with E-state index in [9.17, 15) is 18.0 Å². The Kier molecular flexibility index (Phi) is 3.33. The van der Waals surface area contributed by atoms with E-state index in [0.717, 1.165) is 6.07 Å². The van der Waals surface area contributed by atoms with Crippen LogP contribution in [0, 0.1) is 0 Å². The molecule has 0 aliphatic heterocycles. The zero-order valence-electron chi connectivity index (χ0n) is 7.18. The van der Waals surface area contributed by atoms with E-state index < -0.39 is 17.8 Å². The fourth-order valence-corrected chi connectivity index (χ4v) is 1.38. The molecule has 0 bridgehead atoms. The lowest BCUT2D eigenvalue weighted by atomic mass is 10.2. The summed E-state index contributed by atoms with van der Waals surface area (Å²) in [5.41, 5.74) is -1.47. The number of hydrogen-bond donors (Lipinski definition) is 1. The van der Waals surface area contributed by atoms with E-state index in [1.165, 1.54) is 0 Å². The van der Waals surface area contributed by atoms with Gasteiger partial charge in [-0.25, -0.2) is 9.78 Å². The van der Waals surface area contributed by atoms with Crippen molar-refractivity contribution in [2.24, 2.45) is 0 Å². The van der Waals surface area contributed by atoms with Gasteiger partial charge in [-0.1, -0.05) is 15.9 Å². The summed E-state index contributed by atoms with van der Waals surface area (Å²) in [5.74, 6) is -1.30. The number of aromatic nitrogens is 1. The molecule has 1 aromatic rings. The number of alkyl halides is 4. The number of pyridine rings is 1. The first-order valence-corrected chi connectivity index (χ1v) is 4.84. The highest BCUT2D eigenvalue weighted by atomic mass is 79.9. The molecule has 0 unspecified atom stereocenters. The first-order chi connectivity index (χ1) is 6.86. The highest BCUT2D eigenvalue weighted by molar-refractivity contribution is 9.08. The van der Waals surface area contributed by atoms with Crippen LogP contribution in [-0.4, -0.2) is 16.1 Å². The van der Waals surface area contributed by atoms with Crippen LogP contribution < -0.4 is 0 Å². The molecule has 1 rings (SSSR count). The van der Waals surface area contributed by atoms with E-state index in [4.69, 9.17) is 5.11 Å². The second-order valence-corrected chi connectivity index (χ2v) is 3.19. The fraction of sp³-hybridized carbons (Fsp3) is 0.250. The summed E-state index contributed by atoms with van der Waals surface area (Å²) >= 11 is 2.88. The molecule has 0 atom stereocenters. The smallest absolute Gasteiger partial charge is 0.433 e. The Labute approximate surface area is 91.1 Å². The second-order valence-electron chi connectivity index (χ2n) is 2.63. The second kappa shape index (κ2) is 4.18. The molecule has 0 radical (unpaired) electrons. The fourth-order valence-electron chi connectivity index (χ4n) is 0.956. The summed E-state index contributed by atoms with van der Waals surface area (Å²) in [6.07, 6.45) is -4.56. The third kappa shape index (κ3) is 2.68. The predicted octanol–water partition coefficient (Wildman–Crippen LogP) is 2.69. The van der Waals surface area contributed by atoms with Gasteiger partial charge in [0.15, 0.2) is 0 Å². The van der Waals surface area contributed by atoms with Crippen molar-refractivity contribution in [2.45, 2.75) is 11.5 Å². The summed E-state index contributed by atoms with van der Waals surface area (Å²) in [6, 6.07) is 1.55. The van der Waals surface area contributed by atoms with Gasteiger partial charge in [0.05, 0.1) is 11.3 Å². The summed E-state index contributed by atoms with van der Waals surface area (Å²) in [6.45, 7) is 0. The molecule has 7 heteroatoms. The Bertz CT molecular complexity index is 392. The van der Waals surface area contributed by atoms with Crippen molar-refractivity contribution < 1.29 is 23.1 Å². The third-order valence-corrected chi connectivity index (χ3v) is 2.15. The molecule has 82 valence electrons. The van der Waals surface area contributed by atoms with Gasteiger partial charge in [-0.15, -0.1) is 0 Å². The molecule has 1 heterocycles. The molecular weight excluding hydrogens is 279 g/mol. The summed E-state index contributed by atoms with van der Waals surface area (Å²) in [7, 11) is 0. The molecule has 0 amide bonds. The number of rotatable bonds is 2. The number of carbonyl (C=O) groups is 1. The minimum atomic E-state index is -4.56. The van der Waals surface area contributed by atoms with Crippen LogP contribution in [0.1, 0.15) is 21.7 Å². The first-order valence-electron chi connectivity index (χ1n) is 3.72. The van der Waals surface area contributed by atoms with E-state index in [1.54, 1.807) is 0 Å². The first kappa shape index (κ1) is 12.0. The highest BCUT2D eigenvalue weighted by Gasteiger charge is 2.33. The lowest BCUT2D eigenvalue weighted by Gasteiger charge is -2.08. The number of hydrogen-bond acceptors (Lipinski definition) is 2. The van der Waals surface area contributed by atoms with Crippen LogP contribution in [0.3, 0.4) is 0 Å². The lowest BCUT2D eigenvalue weighted by Crippen LogP contribution is -2.12. The Morgan fingerprint density at radius 1 is 1.47 bits per heavy atom. The quantitative estimate of drug-likeness (QED) is 0.849. The minimum Gasteiger partial charge on any atom is -0.478 e. The van der Waals surface area contributed by atoms with Crippen LogP contribution in [0.25, 0.3) is 0 Å². The van der Waals surface area contributed by atoms with Gasteiger partial charge in [0.2, 0.25) is 0 Å². The Morgan fingerprint density at radius 3 is 2.47 bits per heavy atom. The third-order valence-electron chi connectivity index (χ3n) is 1.62. The molecule has 3 nitrogen and oxygen atoms in total. The van der Waals surface area contributed by atoms with Crippen molar-refractivity contribution in [3.05, 3.63) is 29.1 Å². The van der Waals surface area contributed by atoms with Crippen LogP contribution in [0.2, 0.25) is 0 Å². The maximum Gasteiger partial charge on any atom is 0.433 e. The highest BCUT2D eigenvalue weighted by Crippen LogP contribution is 2.28. The van der Waals surface area contributed by atoms with Crippen LogP contribution in [0.4, 0.5) is 13.2 Å². The van der Waals surface area contributed by atoms with E-state index in [2.05, 4.69) is 20.9 Å². The largest absolute Gasteiger partial charge is 0.478 e. The number of halogens is 4. The molecule has 0 fully saturated rings. The van der Waals surface area contributed by atoms with Crippen LogP contribution in [0.5, 0.6) is 0 Å². The Balaban J connectivity index is 3.25. The van der Waals surface area contributed by atoms with E-state index in [-0.39, 0.29) is 16.6 Å². The van der Waals surface area contributed by atoms with Crippen molar-refractivity contribution in [2.75, 3.05) is 0 Å². The summed E-state index contributed by atoms with van der Waals surface area (Å²) in [4.78, 5) is 13.8. The maximum absolute atomic E-state index is 12.2. The van der Waals surface area contributed by atoms with Gasteiger partial charge < -0.3 is 5.11 Å². The van der Waals surface area contributed by atoms with E-state index in [0.29, 0.717) is 6.07 Å². The van der Waals surface area contributed by atoms with Crippen molar-refractivity contribution in [1.82, 2.24) is 4.98 Å². The van der Waals surface area contributed by atoms with E-state index in [1.807, 2.05) is 0 Å². The van der Waals surface area contributed by atoms with Gasteiger partial charge >= 0.3 is 12.1 Å². The minimum absolute atomic E-state index is 0.0431.